The number of benzene rings is 2. The van der Waals surface area contributed by atoms with Gasteiger partial charge in [0, 0.05) is 31.3 Å². The van der Waals surface area contributed by atoms with Crippen LogP contribution in [0.4, 0.5) is 11.4 Å². The Morgan fingerprint density at radius 3 is 2.79 bits per heavy atom. The van der Waals surface area contributed by atoms with Crippen molar-refractivity contribution in [3.8, 4) is 11.5 Å². The molecule has 2 aromatic carbocycles. The van der Waals surface area contributed by atoms with Crippen molar-refractivity contribution < 1.29 is 14.3 Å². The van der Waals surface area contributed by atoms with E-state index in [2.05, 4.69) is 28.4 Å². The summed E-state index contributed by atoms with van der Waals surface area (Å²) in [5, 5.41) is 2.91. The minimum absolute atomic E-state index is 0.0362. The number of hydrogen-bond donors (Lipinski definition) is 1. The maximum absolute atomic E-state index is 12.3. The van der Waals surface area contributed by atoms with Crippen LogP contribution in [0.25, 0.3) is 0 Å². The molecule has 1 aliphatic heterocycles. The quantitative estimate of drug-likeness (QED) is 0.886. The fraction of sp³-hybridized carbons (Fsp3) is 0.316. The van der Waals surface area contributed by atoms with Crippen molar-refractivity contribution in [3.05, 3.63) is 48.0 Å². The highest BCUT2D eigenvalue weighted by molar-refractivity contribution is 5.93. The van der Waals surface area contributed by atoms with E-state index in [0.29, 0.717) is 30.2 Å². The Balaban J connectivity index is 1.61. The van der Waals surface area contributed by atoms with E-state index < -0.39 is 0 Å². The lowest BCUT2D eigenvalue weighted by atomic mass is 10.2. The molecule has 0 spiro atoms. The largest absolute Gasteiger partial charge is 0.497 e. The first-order valence-corrected chi connectivity index (χ1v) is 8.06. The lowest BCUT2D eigenvalue weighted by Gasteiger charge is -2.19. The second-order valence-corrected chi connectivity index (χ2v) is 5.73. The van der Waals surface area contributed by atoms with Gasteiger partial charge in [0.1, 0.15) is 11.5 Å². The van der Waals surface area contributed by atoms with E-state index >= 15 is 0 Å². The van der Waals surface area contributed by atoms with Crippen LogP contribution in [0.3, 0.4) is 0 Å². The van der Waals surface area contributed by atoms with Crippen molar-refractivity contribution in [1.82, 2.24) is 0 Å². The second kappa shape index (κ2) is 7.25. The number of fused-ring (bicyclic) bond motifs is 1. The molecule has 5 nitrogen and oxygen atoms in total. The van der Waals surface area contributed by atoms with E-state index in [9.17, 15) is 4.79 Å². The van der Waals surface area contributed by atoms with Gasteiger partial charge in [0.25, 0.3) is 0 Å². The molecule has 24 heavy (non-hydrogen) atoms. The smallest absolute Gasteiger partial charge is 0.226 e. The third-order valence-corrected chi connectivity index (χ3v) is 4.27. The molecule has 0 saturated carbocycles. The molecule has 0 fully saturated rings. The van der Waals surface area contributed by atoms with Gasteiger partial charge in [0.2, 0.25) is 5.91 Å². The van der Waals surface area contributed by atoms with Crippen molar-refractivity contribution >= 4 is 17.3 Å². The number of rotatable bonds is 6. The first kappa shape index (κ1) is 16.2. The standard InChI is InChI=1S/C19H22N2O3/c1-23-15-7-8-18(24-2)16(13-15)20-19(22)10-12-21-11-9-14-5-3-4-6-17(14)21/h3-8,13H,9-12H2,1-2H3,(H,20,22). The molecule has 0 aromatic heterocycles. The number of carbonyl (C=O) groups excluding carboxylic acids is 1. The van der Waals surface area contributed by atoms with Crippen molar-refractivity contribution in [2.24, 2.45) is 0 Å². The molecule has 2 aromatic rings. The molecule has 126 valence electrons. The number of carbonyl (C=O) groups is 1. The van der Waals surface area contributed by atoms with Gasteiger partial charge in [0.05, 0.1) is 19.9 Å². The zero-order valence-electron chi connectivity index (χ0n) is 14.0. The highest BCUT2D eigenvalue weighted by atomic mass is 16.5. The Kier molecular flexibility index (Phi) is 4.89. The summed E-state index contributed by atoms with van der Waals surface area (Å²) in [7, 11) is 3.18. The van der Waals surface area contributed by atoms with Crippen molar-refractivity contribution in [2.45, 2.75) is 12.8 Å². The highest BCUT2D eigenvalue weighted by Gasteiger charge is 2.19. The van der Waals surface area contributed by atoms with Crippen molar-refractivity contribution in [3.63, 3.8) is 0 Å². The molecule has 0 aliphatic carbocycles. The summed E-state index contributed by atoms with van der Waals surface area (Å²) < 4.78 is 10.5. The average Bonchev–Trinajstić information content (AvgIpc) is 3.03. The summed E-state index contributed by atoms with van der Waals surface area (Å²) in [6, 6.07) is 13.7. The number of methoxy groups -OCH3 is 2. The third-order valence-electron chi connectivity index (χ3n) is 4.27. The summed E-state index contributed by atoms with van der Waals surface area (Å²) in [6.07, 6.45) is 1.47. The van der Waals surface area contributed by atoms with Gasteiger partial charge in [-0.1, -0.05) is 18.2 Å². The first-order valence-electron chi connectivity index (χ1n) is 8.06. The topological polar surface area (TPSA) is 50.8 Å². The van der Waals surface area contributed by atoms with E-state index in [0.717, 1.165) is 13.0 Å². The fourth-order valence-electron chi connectivity index (χ4n) is 3.00. The summed E-state index contributed by atoms with van der Waals surface area (Å²) >= 11 is 0. The minimum Gasteiger partial charge on any atom is -0.497 e. The second-order valence-electron chi connectivity index (χ2n) is 5.73. The van der Waals surface area contributed by atoms with E-state index in [1.807, 2.05) is 6.07 Å². The van der Waals surface area contributed by atoms with Crippen LogP contribution >= 0.6 is 0 Å². The van der Waals surface area contributed by atoms with Crippen LogP contribution in [0.5, 0.6) is 11.5 Å². The molecule has 0 atom stereocenters. The monoisotopic (exact) mass is 326 g/mol. The molecule has 0 saturated heterocycles. The number of amides is 1. The number of hydrogen-bond acceptors (Lipinski definition) is 4. The predicted octanol–water partition coefficient (Wildman–Crippen LogP) is 3.10. The Bertz CT molecular complexity index is 730. The molecule has 0 radical (unpaired) electrons. The van der Waals surface area contributed by atoms with Gasteiger partial charge in [-0.15, -0.1) is 0 Å². The minimum atomic E-state index is -0.0362. The van der Waals surface area contributed by atoms with Gasteiger partial charge in [0.15, 0.2) is 0 Å². The van der Waals surface area contributed by atoms with Gasteiger partial charge < -0.3 is 19.7 Å². The molecular weight excluding hydrogens is 304 g/mol. The van der Waals surface area contributed by atoms with Crippen LogP contribution in [0.2, 0.25) is 0 Å². The summed E-state index contributed by atoms with van der Waals surface area (Å²) in [6.45, 7) is 1.67. The van der Waals surface area contributed by atoms with Gasteiger partial charge in [-0.05, 0) is 30.2 Å². The Labute approximate surface area is 142 Å². The molecule has 1 aliphatic rings. The van der Waals surface area contributed by atoms with Crippen LogP contribution in [-0.2, 0) is 11.2 Å². The third kappa shape index (κ3) is 3.45. The molecular formula is C19H22N2O3. The Morgan fingerprint density at radius 2 is 2.00 bits per heavy atom. The number of ether oxygens (including phenoxy) is 2. The van der Waals surface area contributed by atoms with Crippen LogP contribution in [0.1, 0.15) is 12.0 Å². The van der Waals surface area contributed by atoms with Gasteiger partial charge in [-0.3, -0.25) is 4.79 Å². The van der Waals surface area contributed by atoms with E-state index in [4.69, 9.17) is 9.47 Å². The van der Waals surface area contributed by atoms with Crippen molar-refractivity contribution in [2.75, 3.05) is 37.5 Å². The number of para-hydroxylation sites is 1. The zero-order valence-corrected chi connectivity index (χ0v) is 14.0. The molecule has 0 bridgehead atoms. The Morgan fingerprint density at radius 1 is 1.17 bits per heavy atom. The zero-order chi connectivity index (χ0) is 16.9. The number of nitrogens with zero attached hydrogens (tertiary/aromatic N) is 1. The van der Waals surface area contributed by atoms with Crippen LogP contribution in [-0.4, -0.2) is 33.2 Å². The normalized spacial score (nSPS) is 12.7. The molecule has 3 rings (SSSR count). The van der Waals surface area contributed by atoms with E-state index in [-0.39, 0.29) is 5.91 Å². The van der Waals surface area contributed by atoms with Crippen LogP contribution in [0, 0.1) is 0 Å². The highest BCUT2D eigenvalue weighted by Crippen LogP contribution is 2.30. The Hall–Kier alpha value is -2.69. The molecule has 0 unspecified atom stereocenters. The lowest BCUT2D eigenvalue weighted by molar-refractivity contribution is -0.116. The maximum Gasteiger partial charge on any atom is 0.226 e. The SMILES string of the molecule is COc1ccc(OC)c(NC(=O)CCN2CCc3ccccc32)c1. The average molecular weight is 326 g/mol. The van der Waals surface area contributed by atoms with Gasteiger partial charge in [-0.25, -0.2) is 0 Å². The summed E-state index contributed by atoms with van der Waals surface area (Å²) in [5.41, 5.74) is 3.22. The molecule has 1 N–H and O–H groups in total. The summed E-state index contributed by atoms with van der Waals surface area (Å²) in [5.74, 6) is 1.26. The maximum atomic E-state index is 12.3. The fourth-order valence-corrected chi connectivity index (χ4v) is 3.00. The van der Waals surface area contributed by atoms with Crippen LogP contribution < -0.4 is 19.7 Å². The molecule has 1 amide bonds. The van der Waals surface area contributed by atoms with E-state index in [1.54, 1.807) is 32.4 Å². The van der Waals surface area contributed by atoms with Gasteiger partial charge >= 0.3 is 0 Å². The molecule has 5 heteroatoms. The van der Waals surface area contributed by atoms with Crippen LogP contribution in [0.15, 0.2) is 42.5 Å². The van der Waals surface area contributed by atoms with Gasteiger partial charge in [-0.2, -0.15) is 0 Å². The first-order chi connectivity index (χ1) is 11.7. The number of anilines is 2. The number of nitrogens with one attached hydrogen (secondary N) is 1. The summed E-state index contributed by atoms with van der Waals surface area (Å²) in [4.78, 5) is 14.6. The molecule has 1 heterocycles. The predicted molar refractivity (Wildman–Crippen MR) is 95.2 cm³/mol. The van der Waals surface area contributed by atoms with Crippen molar-refractivity contribution in [1.29, 1.82) is 0 Å². The lowest BCUT2D eigenvalue weighted by Crippen LogP contribution is -2.26. The van der Waals surface area contributed by atoms with E-state index in [1.165, 1.54) is 11.3 Å².